The van der Waals surface area contributed by atoms with E-state index in [2.05, 4.69) is 24.4 Å². The number of hydrogen-bond acceptors (Lipinski definition) is 2. The lowest BCUT2D eigenvalue weighted by Gasteiger charge is -2.15. The second-order valence-electron chi connectivity index (χ2n) is 6.44. The maximum absolute atomic E-state index is 12.3. The highest BCUT2D eigenvalue weighted by Gasteiger charge is 2.65. The van der Waals surface area contributed by atoms with Gasteiger partial charge >= 0.3 is 5.97 Å². The minimum Gasteiger partial charge on any atom is -0.481 e. The Labute approximate surface area is 125 Å². The zero-order valence-corrected chi connectivity index (χ0v) is 13.0. The van der Waals surface area contributed by atoms with Crippen LogP contribution in [0.25, 0.3) is 0 Å². The van der Waals surface area contributed by atoms with E-state index in [9.17, 15) is 9.59 Å². The van der Waals surface area contributed by atoms with Crippen LogP contribution in [0.3, 0.4) is 0 Å². The predicted octanol–water partition coefficient (Wildman–Crippen LogP) is 2.78. The number of amides is 1. The van der Waals surface area contributed by atoms with Crippen LogP contribution in [0.5, 0.6) is 0 Å². The second kappa shape index (κ2) is 5.51. The Morgan fingerprint density at radius 3 is 2.24 bits per heavy atom. The monoisotopic (exact) mass is 289 g/mol. The lowest BCUT2D eigenvalue weighted by Crippen LogP contribution is -2.30. The minimum absolute atomic E-state index is 0.116. The summed E-state index contributed by atoms with van der Waals surface area (Å²) in [6, 6.07) is 8.01. The Bertz CT molecular complexity index is 548. The lowest BCUT2D eigenvalue weighted by atomic mass is 10.0. The number of carboxylic acid groups (broad SMARTS) is 1. The van der Waals surface area contributed by atoms with Crippen molar-refractivity contribution >= 4 is 11.9 Å². The van der Waals surface area contributed by atoms with Crippen molar-refractivity contribution < 1.29 is 14.7 Å². The zero-order valence-electron chi connectivity index (χ0n) is 13.0. The molecule has 1 aromatic rings. The number of carboxylic acids is 1. The van der Waals surface area contributed by atoms with Crippen LogP contribution in [0.4, 0.5) is 0 Å². The third-order valence-electron chi connectivity index (χ3n) is 4.62. The van der Waals surface area contributed by atoms with Gasteiger partial charge in [-0.2, -0.15) is 0 Å². The van der Waals surface area contributed by atoms with Gasteiger partial charge in [0, 0.05) is 0 Å². The number of hydrogen-bond donors (Lipinski definition) is 2. The maximum Gasteiger partial charge on any atom is 0.307 e. The van der Waals surface area contributed by atoms with E-state index in [-0.39, 0.29) is 11.9 Å². The summed E-state index contributed by atoms with van der Waals surface area (Å²) < 4.78 is 0. The van der Waals surface area contributed by atoms with E-state index in [0.717, 1.165) is 12.0 Å². The third-order valence-corrected chi connectivity index (χ3v) is 4.62. The molecule has 1 unspecified atom stereocenters. The Kier molecular flexibility index (Phi) is 4.08. The Balaban J connectivity index is 2.01. The molecule has 0 radical (unpaired) electrons. The highest BCUT2D eigenvalue weighted by atomic mass is 16.4. The minimum atomic E-state index is -0.889. The molecule has 0 aromatic heterocycles. The van der Waals surface area contributed by atoms with E-state index in [1.54, 1.807) is 0 Å². The fourth-order valence-electron chi connectivity index (χ4n) is 3.02. The van der Waals surface area contributed by atoms with Gasteiger partial charge in [0.2, 0.25) is 5.91 Å². The van der Waals surface area contributed by atoms with E-state index >= 15 is 0 Å². The van der Waals surface area contributed by atoms with Crippen molar-refractivity contribution in [2.24, 2.45) is 17.3 Å². The smallest absolute Gasteiger partial charge is 0.307 e. The maximum atomic E-state index is 12.3. The van der Waals surface area contributed by atoms with Gasteiger partial charge < -0.3 is 10.4 Å². The fraction of sp³-hybridized carbons (Fsp3) is 0.529. The molecule has 1 aliphatic rings. The average molecular weight is 289 g/mol. The van der Waals surface area contributed by atoms with Gasteiger partial charge in [-0.1, -0.05) is 45.0 Å². The van der Waals surface area contributed by atoms with Crippen LogP contribution in [0, 0.1) is 17.3 Å². The molecule has 21 heavy (non-hydrogen) atoms. The van der Waals surface area contributed by atoms with E-state index in [1.165, 1.54) is 5.56 Å². The molecule has 1 fully saturated rings. The van der Waals surface area contributed by atoms with Crippen LogP contribution in [-0.4, -0.2) is 17.0 Å². The Morgan fingerprint density at radius 2 is 1.81 bits per heavy atom. The number of carbonyl (C=O) groups excluding carboxylic acids is 1. The summed E-state index contributed by atoms with van der Waals surface area (Å²) in [5, 5.41) is 12.1. The highest BCUT2D eigenvalue weighted by Crippen LogP contribution is 2.58. The summed E-state index contributed by atoms with van der Waals surface area (Å²) >= 11 is 0. The molecule has 1 aromatic carbocycles. The molecule has 114 valence electrons. The summed E-state index contributed by atoms with van der Waals surface area (Å²) in [4.78, 5) is 23.4. The molecule has 0 saturated heterocycles. The normalized spacial score (nSPS) is 24.2. The van der Waals surface area contributed by atoms with Gasteiger partial charge in [0.25, 0.3) is 0 Å². The number of carbonyl (C=O) groups is 2. The average Bonchev–Trinajstić information content (AvgIpc) is 3.02. The van der Waals surface area contributed by atoms with Gasteiger partial charge in [0.05, 0.1) is 17.9 Å². The number of rotatable bonds is 5. The first-order valence-electron chi connectivity index (χ1n) is 7.41. The molecular formula is C17H23NO3. The number of aryl methyl sites for hydroxylation is 1. The Morgan fingerprint density at radius 1 is 1.24 bits per heavy atom. The molecule has 3 atom stereocenters. The molecule has 2 rings (SSSR count). The Hall–Kier alpha value is -1.84. The molecule has 4 nitrogen and oxygen atoms in total. The summed E-state index contributed by atoms with van der Waals surface area (Å²) in [7, 11) is 0. The SMILES string of the molecule is CCc1ccc(C(C)NC(=O)[C@H]2[C@@H](C(=O)O)C2(C)C)cc1. The summed E-state index contributed by atoms with van der Waals surface area (Å²) in [6.07, 6.45) is 0.984. The van der Waals surface area contributed by atoms with Gasteiger partial charge in [-0.15, -0.1) is 0 Å². The summed E-state index contributed by atoms with van der Waals surface area (Å²) in [5.74, 6) is -2.07. The van der Waals surface area contributed by atoms with Gasteiger partial charge in [-0.25, -0.2) is 0 Å². The van der Waals surface area contributed by atoms with Crippen LogP contribution >= 0.6 is 0 Å². The number of nitrogens with one attached hydrogen (secondary N) is 1. The topological polar surface area (TPSA) is 66.4 Å². The first-order valence-corrected chi connectivity index (χ1v) is 7.41. The molecule has 0 spiro atoms. The summed E-state index contributed by atoms with van der Waals surface area (Å²) in [6.45, 7) is 7.68. The van der Waals surface area contributed by atoms with E-state index in [1.807, 2.05) is 32.9 Å². The van der Waals surface area contributed by atoms with Crippen molar-refractivity contribution in [3.63, 3.8) is 0 Å². The molecule has 4 heteroatoms. The molecule has 1 aliphatic carbocycles. The van der Waals surface area contributed by atoms with Crippen molar-refractivity contribution in [1.29, 1.82) is 0 Å². The quantitative estimate of drug-likeness (QED) is 0.876. The second-order valence-corrected chi connectivity index (χ2v) is 6.44. The first kappa shape index (κ1) is 15.5. The van der Waals surface area contributed by atoms with E-state index in [4.69, 9.17) is 5.11 Å². The number of benzene rings is 1. The van der Waals surface area contributed by atoms with Gasteiger partial charge in [0.1, 0.15) is 0 Å². The molecule has 0 heterocycles. The van der Waals surface area contributed by atoms with Gasteiger partial charge in [0.15, 0.2) is 0 Å². The first-order chi connectivity index (χ1) is 9.78. The van der Waals surface area contributed by atoms with Gasteiger partial charge in [-0.05, 0) is 29.9 Å². The molecule has 2 N–H and O–H groups in total. The largest absolute Gasteiger partial charge is 0.481 e. The zero-order chi connectivity index (χ0) is 15.8. The van der Waals surface area contributed by atoms with Crippen LogP contribution < -0.4 is 5.32 Å². The summed E-state index contributed by atoms with van der Waals surface area (Å²) in [5.41, 5.74) is 1.83. The van der Waals surface area contributed by atoms with Crippen molar-refractivity contribution in [3.8, 4) is 0 Å². The molecule has 1 amide bonds. The van der Waals surface area contributed by atoms with Crippen molar-refractivity contribution in [2.45, 2.75) is 40.2 Å². The van der Waals surface area contributed by atoms with Gasteiger partial charge in [-0.3, -0.25) is 9.59 Å². The van der Waals surface area contributed by atoms with Crippen LogP contribution in [-0.2, 0) is 16.0 Å². The molecule has 0 bridgehead atoms. The van der Waals surface area contributed by atoms with Crippen LogP contribution in [0.2, 0.25) is 0 Å². The molecular weight excluding hydrogens is 266 g/mol. The van der Waals surface area contributed by atoms with Crippen molar-refractivity contribution in [3.05, 3.63) is 35.4 Å². The van der Waals surface area contributed by atoms with Crippen molar-refractivity contribution in [1.82, 2.24) is 5.32 Å². The third kappa shape index (κ3) is 2.94. The predicted molar refractivity (Wildman–Crippen MR) is 80.8 cm³/mol. The fourth-order valence-corrected chi connectivity index (χ4v) is 3.02. The lowest BCUT2D eigenvalue weighted by molar-refractivity contribution is -0.140. The van der Waals surface area contributed by atoms with Crippen LogP contribution in [0.1, 0.15) is 44.9 Å². The molecule has 0 aliphatic heterocycles. The highest BCUT2D eigenvalue weighted by molar-refractivity contribution is 5.91. The van der Waals surface area contributed by atoms with E-state index in [0.29, 0.717) is 0 Å². The number of aliphatic carboxylic acids is 1. The van der Waals surface area contributed by atoms with E-state index < -0.39 is 23.2 Å². The standard InChI is InChI=1S/C17H23NO3/c1-5-11-6-8-12(9-7-11)10(2)18-15(19)13-14(16(20)21)17(13,3)4/h6-10,13-14H,5H2,1-4H3,(H,18,19)(H,20,21)/t10?,13-,14+/m1/s1. The van der Waals surface area contributed by atoms with Crippen LogP contribution in [0.15, 0.2) is 24.3 Å². The van der Waals surface area contributed by atoms with Crippen molar-refractivity contribution in [2.75, 3.05) is 0 Å². The molecule has 1 saturated carbocycles.